The van der Waals surface area contributed by atoms with Crippen LogP contribution in [0.25, 0.3) is 0 Å². The Bertz CT molecular complexity index is 527. The van der Waals surface area contributed by atoms with Crippen molar-refractivity contribution in [2.75, 3.05) is 13.6 Å². The molecule has 0 radical (unpaired) electrons. The first kappa shape index (κ1) is 13.4. The lowest BCUT2D eigenvalue weighted by molar-refractivity contribution is 0.475. The van der Waals surface area contributed by atoms with E-state index < -0.39 is 10.0 Å². The van der Waals surface area contributed by atoms with Gasteiger partial charge < -0.3 is 0 Å². The Morgan fingerprint density at radius 2 is 2.00 bits per heavy atom. The predicted octanol–water partition coefficient (Wildman–Crippen LogP) is 1.75. The smallest absolute Gasteiger partial charge is 0.207 e. The van der Waals surface area contributed by atoms with Gasteiger partial charge in [-0.15, -0.1) is 6.58 Å². The molecule has 0 atom stereocenters. The second kappa shape index (κ2) is 5.62. The lowest BCUT2D eigenvalue weighted by Crippen LogP contribution is -2.27. The molecule has 5 heteroatoms. The normalized spacial score (nSPS) is 11.1. The number of rotatable bonds is 5. The van der Waals surface area contributed by atoms with Crippen LogP contribution >= 0.6 is 0 Å². The number of nitrogens with zero attached hydrogens (tertiary/aromatic N) is 2. The van der Waals surface area contributed by atoms with E-state index in [0.29, 0.717) is 18.5 Å². The van der Waals surface area contributed by atoms with Gasteiger partial charge in [0.15, 0.2) is 0 Å². The molecule has 0 aliphatic rings. The molecule has 0 aliphatic carbocycles. The van der Waals surface area contributed by atoms with Crippen molar-refractivity contribution in [2.45, 2.75) is 11.3 Å². The molecule has 0 bridgehead atoms. The molecule has 1 aromatic rings. The van der Waals surface area contributed by atoms with E-state index in [0.717, 1.165) is 0 Å². The third-order valence-electron chi connectivity index (χ3n) is 2.34. The van der Waals surface area contributed by atoms with E-state index in [9.17, 15) is 8.42 Å². The molecule has 90 valence electrons. The number of sulfonamides is 1. The summed E-state index contributed by atoms with van der Waals surface area (Å²) >= 11 is 0. The summed E-state index contributed by atoms with van der Waals surface area (Å²) in [5.74, 6) is 0. The second-order valence-corrected chi connectivity index (χ2v) is 5.58. The number of nitriles is 1. The summed E-state index contributed by atoms with van der Waals surface area (Å²) in [5, 5.41) is 8.64. The largest absolute Gasteiger partial charge is 0.242 e. The van der Waals surface area contributed by atoms with Gasteiger partial charge in [0, 0.05) is 13.6 Å². The summed E-state index contributed by atoms with van der Waals surface area (Å²) in [7, 11) is -1.94. The molecule has 0 fully saturated rings. The van der Waals surface area contributed by atoms with Gasteiger partial charge in [0.1, 0.15) is 0 Å². The Kier molecular flexibility index (Phi) is 4.44. The van der Waals surface area contributed by atoms with Crippen LogP contribution in [0.2, 0.25) is 0 Å². The van der Waals surface area contributed by atoms with Crippen molar-refractivity contribution in [3.63, 3.8) is 0 Å². The van der Waals surface area contributed by atoms with Gasteiger partial charge in [-0.2, -0.15) is 5.26 Å². The monoisotopic (exact) mass is 250 g/mol. The van der Waals surface area contributed by atoms with Gasteiger partial charge in [0.25, 0.3) is 0 Å². The van der Waals surface area contributed by atoms with Crippen molar-refractivity contribution < 1.29 is 8.42 Å². The minimum atomic E-state index is -3.46. The third kappa shape index (κ3) is 3.16. The van der Waals surface area contributed by atoms with Crippen LogP contribution < -0.4 is 0 Å². The van der Waals surface area contributed by atoms with Gasteiger partial charge >= 0.3 is 0 Å². The number of hydrogen-bond acceptors (Lipinski definition) is 3. The Morgan fingerprint density at radius 1 is 1.41 bits per heavy atom. The average Bonchev–Trinajstić information content (AvgIpc) is 2.35. The average molecular weight is 250 g/mol. The highest BCUT2D eigenvalue weighted by Crippen LogP contribution is 2.15. The molecular formula is C12H14N2O2S. The highest BCUT2D eigenvalue weighted by Gasteiger charge is 2.19. The SMILES string of the molecule is C=CCCN(C)S(=O)(=O)c1ccc(C#N)cc1. The molecule has 0 unspecified atom stereocenters. The first-order valence-corrected chi connectivity index (χ1v) is 6.54. The van der Waals surface area contributed by atoms with Crippen LogP contribution in [0, 0.1) is 11.3 Å². The maximum absolute atomic E-state index is 12.0. The lowest BCUT2D eigenvalue weighted by Gasteiger charge is -2.16. The Hall–Kier alpha value is -1.64. The summed E-state index contributed by atoms with van der Waals surface area (Å²) < 4.78 is 25.4. The van der Waals surface area contributed by atoms with Crippen molar-refractivity contribution in [3.8, 4) is 6.07 Å². The number of hydrogen-bond donors (Lipinski definition) is 0. The maximum Gasteiger partial charge on any atom is 0.242 e. The van der Waals surface area contributed by atoms with Gasteiger partial charge in [-0.25, -0.2) is 12.7 Å². The lowest BCUT2D eigenvalue weighted by atomic mass is 10.2. The van der Waals surface area contributed by atoms with E-state index in [-0.39, 0.29) is 4.90 Å². The van der Waals surface area contributed by atoms with E-state index in [4.69, 9.17) is 5.26 Å². The highest BCUT2D eigenvalue weighted by atomic mass is 32.2. The van der Waals surface area contributed by atoms with E-state index >= 15 is 0 Å². The van der Waals surface area contributed by atoms with Crippen molar-refractivity contribution in [2.24, 2.45) is 0 Å². The fraction of sp³-hybridized carbons (Fsp3) is 0.250. The van der Waals surface area contributed by atoms with Crippen LogP contribution in [0.3, 0.4) is 0 Å². The van der Waals surface area contributed by atoms with Crippen LogP contribution in [0.4, 0.5) is 0 Å². The zero-order valence-corrected chi connectivity index (χ0v) is 10.4. The van der Waals surface area contributed by atoms with Gasteiger partial charge in [-0.3, -0.25) is 0 Å². The summed E-state index contributed by atoms with van der Waals surface area (Å²) in [6, 6.07) is 7.82. The minimum Gasteiger partial charge on any atom is -0.207 e. The zero-order chi connectivity index (χ0) is 12.9. The molecule has 1 aromatic carbocycles. The van der Waals surface area contributed by atoms with Crippen LogP contribution in [-0.2, 0) is 10.0 Å². The molecule has 4 nitrogen and oxygen atoms in total. The predicted molar refractivity (Wildman–Crippen MR) is 65.8 cm³/mol. The Balaban J connectivity index is 2.96. The molecule has 0 amide bonds. The Morgan fingerprint density at radius 3 is 2.47 bits per heavy atom. The van der Waals surface area contributed by atoms with E-state index in [1.807, 2.05) is 6.07 Å². The molecule has 0 N–H and O–H groups in total. The quantitative estimate of drug-likeness (QED) is 0.748. The van der Waals surface area contributed by atoms with Crippen molar-refractivity contribution in [1.82, 2.24) is 4.31 Å². The summed E-state index contributed by atoms with van der Waals surface area (Å²) in [5.41, 5.74) is 0.442. The van der Waals surface area contributed by atoms with Crippen molar-refractivity contribution in [1.29, 1.82) is 5.26 Å². The molecule has 0 aromatic heterocycles. The third-order valence-corrected chi connectivity index (χ3v) is 4.21. The van der Waals surface area contributed by atoms with Crippen molar-refractivity contribution >= 4 is 10.0 Å². The molecule has 0 saturated heterocycles. The second-order valence-electron chi connectivity index (χ2n) is 3.54. The van der Waals surface area contributed by atoms with Gasteiger partial charge in [0.2, 0.25) is 10.0 Å². The van der Waals surface area contributed by atoms with Crippen molar-refractivity contribution in [3.05, 3.63) is 42.5 Å². The van der Waals surface area contributed by atoms with Crippen LogP contribution in [-0.4, -0.2) is 26.3 Å². The zero-order valence-electron chi connectivity index (χ0n) is 9.63. The molecule has 0 aliphatic heterocycles. The fourth-order valence-corrected chi connectivity index (χ4v) is 2.46. The highest BCUT2D eigenvalue weighted by molar-refractivity contribution is 7.89. The summed E-state index contributed by atoms with van der Waals surface area (Å²) in [6.45, 7) is 3.95. The number of benzene rings is 1. The van der Waals surface area contributed by atoms with Crippen LogP contribution in [0.15, 0.2) is 41.8 Å². The molecule has 1 rings (SSSR count). The standard InChI is InChI=1S/C12H14N2O2S/c1-3-4-9-14(2)17(15,16)12-7-5-11(10-13)6-8-12/h3,5-8H,1,4,9H2,2H3. The summed E-state index contributed by atoms with van der Waals surface area (Å²) in [6.07, 6.45) is 2.27. The van der Waals surface area contributed by atoms with Gasteiger partial charge in [0.05, 0.1) is 16.5 Å². The molecule has 0 spiro atoms. The molecule has 0 saturated carbocycles. The topological polar surface area (TPSA) is 61.2 Å². The first-order chi connectivity index (χ1) is 8.02. The van der Waals surface area contributed by atoms with Crippen LogP contribution in [0.1, 0.15) is 12.0 Å². The van der Waals surface area contributed by atoms with E-state index in [1.54, 1.807) is 6.08 Å². The molecule has 0 heterocycles. The minimum absolute atomic E-state index is 0.197. The summed E-state index contributed by atoms with van der Waals surface area (Å²) in [4.78, 5) is 0.197. The van der Waals surface area contributed by atoms with Crippen LogP contribution in [0.5, 0.6) is 0 Å². The Labute approximate surface area is 102 Å². The van der Waals surface area contributed by atoms with E-state index in [2.05, 4.69) is 6.58 Å². The van der Waals surface area contributed by atoms with Gasteiger partial charge in [-0.1, -0.05) is 6.08 Å². The fourth-order valence-electron chi connectivity index (χ4n) is 1.27. The van der Waals surface area contributed by atoms with E-state index in [1.165, 1.54) is 35.6 Å². The molecule has 17 heavy (non-hydrogen) atoms. The van der Waals surface area contributed by atoms with Gasteiger partial charge in [-0.05, 0) is 30.7 Å². The molecular weight excluding hydrogens is 236 g/mol. The first-order valence-electron chi connectivity index (χ1n) is 5.09. The maximum atomic E-state index is 12.0.